The molecule has 0 aliphatic heterocycles. The maximum atomic E-state index is 12.7. The Morgan fingerprint density at radius 1 is 0.567 bits per heavy atom. The summed E-state index contributed by atoms with van der Waals surface area (Å²) >= 11 is 0. The summed E-state index contributed by atoms with van der Waals surface area (Å²) in [5.41, 5.74) is 0.930. The first-order chi connectivity index (χ1) is 14.5. The molecule has 3 rings (SSSR count). The smallest absolute Gasteiger partial charge is 0.213 e. The lowest BCUT2D eigenvalue weighted by molar-refractivity contribution is 0.101. The first-order valence-corrected chi connectivity index (χ1v) is 8.89. The van der Waals surface area contributed by atoms with Gasteiger partial charge in [-0.1, -0.05) is 0 Å². The molecule has 0 radical (unpaired) electrons. The van der Waals surface area contributed by atoms with Crippen LogP contribution in [0.2, 0.25) is 0 Å². The van der Waals surface area contributed by atoms with Crippen molar-refractivity contribution in [2.24, 2.45) is 0 Å². The van der Waals surface area contributed by atoms with E-state index in [1.54, 1.807) is 36.4 Å². The van der Waals surface area contributed by atoms with Crippen LogP contribution >= 0.6 is 0 Å². The molecular weight excluding hydrogens is 388 g/mol. The Kier molecular flexibility index (Phi) is 6.26. The second kappa shape index (κ2) is 9.04. The number of ketones is 2. The molecule has 0 amide bonds. The predicted molar refractivity (Wildman–Crippen MR) is 108 cm³/mol. The van der Waals surface area contributed by atoms with Gasteiger partial charge in [0, 0.05) is 11.1 Å². The summed E-state index contributed by atoms with van der Waals surface area (Å²) < 4.78 is 20.8. The van der Waals surface area contributed by atoms with Crippen molar-refractivity contribution in [1.29, 1.82) is 0 Å². The molecule has 0 atom stereocenters. The van der Waals surface area contributed by atoms with E-state index < -0.39 is 0 Å². The van der Waals surface area contributed by atoms with Gasteiger partial charge in [0.2, 0.25) is 11.6 Å². The largest absolute Gasteiger partial charge is 0.493 e. The standard InChI is InChI=1S/C22H20N2O6/c1-27-17-9-5-13(11-19(17)29-3)21(25)15-7-8-16(24-23-15)22(26)14-6-10-18(28-2)20(12-14)30-4/h5-12H,1-4H3. The van der Waals surface area contributed by atoms with Crippen LogP contribution in [0.4, 0.5) is 0 Å². The van der Waals surface area contributed by atoms with Crippen LogP contribution in [0.3, 0.4) is 0 Å². The topological polar surface area (TPSA) is 96.8 Å². The fraction of sp³-hybridized carbons (Fsp3) is 0.182. The van der Waals surface area contributed by atoms with E-state index in [1.165, 1.54) is 40.6 Å². The molecule has 8 heteroatoms. The molecule has 0 aliphatic rings. The normalized spacial score (nSPS) is 10.3. The minimum absolute atomic E-state index is 0.103. The number of carbonyl (C=O) groups is 2. The minimum atomic E-state index is -0.353. The van der Waals surface area contributed by atoms with Crippen LogP contribution in [-0.4, -0.2) is 50.2 Å². The molecule has 1 aromatic heterocycles. The Bertz CT molecular complexity index is 993. The second-order valence-electron chi connectivity index (χ2n) is 6.10. The van der Waals surface area contributed by atoms with Crippen molar-refractivity contribution in [2.45, 2.75) is 0 Å². The number of nitrogens with zero attached hydrogens (tertiary/aromatic N) is 2. The lowest BCUT2D eigenvalue weighted by Gasteiger charge is -2.09. The lowest BCUT2D eigenvalue weighted by atomic mass is 10.1. The summed E-state index contributed by atoms with van der Waals surface area (Å²) in [5, 5.41) is 7.86. The van der Waals surface area contributed by atoms with Gasteiger partial charge in [-0.05, 0) is 48.5 Å². The van der Waals surface area contributed by atoms with E-state index in [4.69, 9.17) is 18.9 Å². The number of aromatic nitrogens is 2. The van der Waals surface area contributed by atoms with Crippen LogP contribution in [0.15, 0.2) is 48.5 Å². The average molecular weight is 408 g/mol. The van der Waals surface area contributed by atoms with Gasteiger partial charge in [0.1, 0.15) is 11.4 Å². The average Bonchev–Trinajstić information content (AvgIpc) is 2.82. The van der Waals surface area contributed by atoms with Gasteiger partial charge in [-0.15, -0.1) is 10.2 Å². The van der Waals surface area contributed by atoms with Gasteiger partial charge in [-0.3, -0.25) is 9.59 Å². The molecule has 0 bridgehead atoms. The fourth-order valence-electron chi connectivity index (χ4n) is 2.83. The van der Waals surface area contributed by atoms with E-state index >= 15 is 0 Å². The van der Waals surface area contributed by atoms with Crippen LogP contribution in [0.1, 0.15) is 32.1 Å². The third-order valence-electron chi connectivity index (χ3n) is 4.42. The highest BCUT2D eigenvalue weighted by Gasteiger charge is 2.18. The van der Waals surface area contributed by atoms with Crippen molar-refractivity contribution in [3.05, 3.63) is 71.0 Å². The molecule has 0 fully saturated rings. The fourth-order valence-corrected chi connectivity index (χ4v) is 2.83. The van der Waals surface area contributed by atoms with E-state index in [9.17, 15) is 9.59 Å². The van der Waals surface area contributed by atoms with Gasteiger partial charge < -0.3 is 18.9 Å². The third kappa shape index (κ3) is 4.07. The highest BCUT2D eigenvalue weighted by Crippen LogP contribution is 2.29. The Morgan fingerprint density at radius 3 is 1.23 bits per heavy atom. The first-order valence-electron chi connectivity index (χ1n) is 8.89. The number of ether oxygens (including phenoxy) is 4. The van der Waals surface area contributed by atoms with E-state index in [2.05, 4.69) is 10.2 Å². The monoisotopic (exact) mass is 408 g/mol. The summed E-state index contributed by atoms with van der Waals surface area (Å²) in [7, 11) is 6.00. The maximum absolute atomic E-state index is 12.7. The number of hydrogen-bond donors (Lipinski definition) is 0. The molecule has 8 nitrogen and oxygen atoms in total. The van der Waals surface area contributed by atoms with Crippen LogP contribution in [0.5, 0.6) is 23.0 Å². The Labute approximate surface area is 173 Å². The Balaban J connectivity index is 1.84. The predicted octanol–water partition coefficient (Wildman–Crippen LogP) is 2.97. The van der Waals surface area contributed by atoms with Crippen molar-refractivity contribution < 1.29 is 28.5 Å². The highest BCUT2D eigenvalue weighted by molar-refractivity contribution is 6.10. The molecule has 154 valence electrons. The van der Waals surface area contributed by atoms with Crippen molar-refractivity contribution >= 4 is 11.6 Å². The summed E-state index contributed by atoms with van der Waals surface area (Å²) in [4.78, 5) is 25.4. The molecule has 3 aromatic rings. The molecule has 0 aliphatic carbocycles. The third-order valence-corrected chi connectivity index (χ3v) is 4.42. The highest BCUT2D eigenvalue weighted by atomic mass is 16.5. The van der Waals surface area contributed by atoms with E-state index in [0.29, 0.717) is 34.1 Å². The number of benzene rings is 2. The van der Waals surface area contributed by atoms with Crippen LogP contribution in [0.25, 0.3) is 0 Å². The molecule has 0 saturated heterocycles. The van der Waals surface area contributed by atoms with Gasteiger partial charge in [0.25, 0.3) is 0 Å². The van der Waals surface area contributed by atoms with Gasteiger partial charge in [-0.2, -0.15) is 0 Å². The summed E-state index contributed by atoms with van der Waals surface area (Å²) in [5.74, 6) is 1.17. The summed E-state index contributed by atoms with van der Waals surface area (Å²) in [6.45, 7) is 0. The summed E-state index contributed by atoms with van der Waals surface area (Å²) in [6, 6.07) is 12.5. The molecule has 30 heavy (non-hydrogen) atoms. The maximum Gasteiger partial charge on any atom is 0.213 e. The minimum Gasteiger partial charge on any atom is -0.493 e. The lowest BCUT2D eigenvalue weighted by Crippen LogP contribution is -2.10. The number of hydrogen-bond acceptors (Lipinski definition) is 8. The molecular formula is C22H20N2O6. The second-order valence-corrected chi connectivity index (χ2v) is 6.10. The molecule has 0 saturated carbocycles. The number of rotatable bonds is 8. The van der Waals surface area contributed by atoms with Gasteiger partial charge in [0.15, 0.2) is 23.0 Å². The van der Waals surface area contributed by atoms with Crippen molar-refractivity contribution in [3.63, 3.8) is 0 Å². The van der Waals surface area contributed by atoms with Crippen molar-refractivity contribution in [1.82, 2.24) is 10.2 Å². The van der Waals surface area contributed by atoms with Crippen LogP contribution in [0, 0.1) is 0 Å². The molecule has 1 heterocycles. The number of methoxy groups -OCH3 is 4. The molecule has 0 unspecified atom stereocenters. The van der Waals surface area contributed by atoms with E-state index in [0.717, 1.165) is 0 Å². The van der Waals surface area contributed by atoms with Gasteiger partial charge in [-0.25, -0.2) is 0 Å². The van der Waals surface area contributed by atoms with Crippen LogP contribution < -0.4 is 18.9 Å². The first kappa shape index (κ1) is 20.8. The van der Waals surface area contributed by atoms with E-state index in [1.807, 2.05) is 0 Å². The zero-order valence-corrected chi connectivity index (χ0v) is 17.0. The van der Waals surface area contributed by atoms with Crippen molar-refractivity contribution in [2.75, 3.05) is 28.4 Å². The van der Waals surface area contributed by atoms with Gasteiger partial charge >= 0.3 is 0 Å². The Morgan fingerprint density at radius 2 is 0.933 bits per heavy atom. The zero-order valence-electron chi connectivity index (χ0n) is 17.0. The van der Waals surface area contributed by atoms with E-state index in [-0.39, 0.29) is 23.0 Å². The zero-order chi connectivity index (χ0) is 21.7. The SMILES string of the molecule is COc1ccc(C(=O)c2ccc(C(=O)c3ccc(OC)c(OC)c3)nn2)cc1OC. The van der Waals surface area contributed by atoms with Crippen molar-refractivity contribution in [3.8, 4) is 23.0 Å². The molecule has 2 aromatic carbocycles. The Hall–Kier alpha value is -3.94. The summed E-state index contributed by atoms with van der Waals surface area (Å²) in [6.07, 6.45) is 0. The number of carbonyl (C=O) groups excluding carboxylic acids is 2. The van der Waals surface area contributed by atoms with Gasteiger partial charge in [0.05, 0.1) is 28.4 Å². The quantitative estimate of drug-likeness (QED) is 0.525. The molecule has 0 N–H and O–H groups in total. The van der Waals surface area contributed by atoms with Crippen LogP contribution in [-0.2, 0) is 0 Å². The molecule has 0 spiro atoms.